The quantitative estimate of drug-likeness (QED) is 0.561. The summed E-state index contributed by atoms with van der Waals surface area (Å²) >= 11 is 6.03. The highest BCUT2D eigenvalue weighted by Gasteiger charge is 2.37. The minimum Gasteiger partial charge on any atom is -0.499 e. The Morgan fingerprint density at radius 2 is 1.85 bits per heavy atom. The van der Waals surface area contributed by atoms with Crippen molar-refractivity contribution >= 4 is 17.5 Å². The Morgan fingerprint density at radius 3 is 2.45 bits per heavy atom. The van der Waals surface area contributed by atoms with Crippen LogP contribution in [0.2, 0.25) is 5.02 Å². The highest BCUT2D eigenvalue weighted by atomic mass is 35.5. The Labute approximate surface area is 188 Å². The second-order valence-corrected chi connectivity index (χ2v) is 7.18. The molecule has 33 heavy (non-hydrogen) atoms. The Balaban J connectivity index is 1.81. The molecular weight excluding hydrogens is 480 g/mol. The maximum Gasteiger partial charge on any atom is 0.435 e. The molecule has 0 atom stereocenters. The summed E-state index contributed by atoms with van der Waals surface area (Å²) in [7, 11) is 1.24. The first-order valence-corrected chi connectivity index (χ1v) is 9.67. The number of benzene rings is 1. The fourth-order valence-corrected chi connectivity index (χ4v) is 3.19. The number of halogens is 7. The number of hydrogen-bond acceptors (Lipinski definition) is 4. The molecule has 0 aliphatic heterocycles. The molecule has 2 aromatic rings. The number of carbonyl (C=O) groups is 1. The van der Waals surface area contributed by atoms with Gasteiger partial charge in [-0.15, -0.1) is 0 Å². The lowest BCUT2D eigenvalue weighted by molar-refractivity contribution is -0.141. The summed E-state index contributed by atoms with van der Waals surface area (Å²) in [5, 5.41) is 5.77. The van der Waals surface area contributed by atoms with Gasteiger partial charge in [0, 0.05) is 18.1 Å². The second kappa shape index (κ2) is 9.38. The van der Waals surface area contributed by atoms with Gasteiger partial charge in [-0.2, -0.15) is 36.1 Å². The SMILES string of the molecule is COC1=C(NC(=O)COc2cc(C(F)(F)F)nn2-c2ccccc2Cl)C=C(C(F)(F)F)CC1. The van der Waals surface area contributed by atoms with Crippen molar-refractivity contribution in [2.75, 3.05) is 13.7 Å². The lowest BCUT2D eigenvalue weighted by Crippen LogP contribution is -2.31. The van der Waals surface area contributed by atoms with Crippen LogP contribution in [-0.4, -0.2) is 35.6 Å². The van der Waals surface area contributed by atoms with Crippen molar-refractivity contribution in [1.29, 1.82) is 0 Å². The third-order valence-corrected chi connectivity index (χ3v) is 4.84. The van der Waals surface area contributed by atoms with Gasteiger partial charge < -0.3 is 14.8 Å². The first kappa shape index (κ1) is 24.5. The number of methoxy groups -OCH3 is 1. The minimum atomic E-state index is -4.80. The van der Waals surface area contributed by atoms with Gasteiger partial charge in [-0.25, -0.2) is 0 Å². The summed E-state index contributed by atoms with van der Waals surface area (Å²) in [6, 6.07) is 6.47. The van der Waals surface area contributed by atoms with Gasteiger partial charge in [0.1, 0.15) is 5.76 Å². The molecule has 0 fully saturated rings. The van der Waals surface area contributed by atoms with Crippen LogP contribution in [0.1, 0.15) is 18.5 Å². The van der Waals surface area contributed by atoms with Crippen LogP contribution in [0, 0.1) is 0 Å². The van der Waals surface area contributed by atoms with E-state index in [1.807, 2.05) is 0 Å². The molecule has 0 saturated carbocycles. The number of nitrogens with one attached hydrogen (secondary N) is 1. The van der Waals surface area contributed by atoms with E-state index >= 15 is 0 Å². The Morgan fingerprint density at radius 1 is 1.15 bits per heavy atom. The molecule has 1 aromatic heterocycles. The number of allylic oxidation sites excluding steroid dienone is 3. The Bertz CT molecular complexity index is 1110. The van der Waals surface area contributed by atoms with Gasteiger partial charge in [0.25, 0.3) is 5.91 Å². The molecule has 1 aromatic carbocycles. The van der Waals surface area contributed by atoms with Crippen molar-refractivity contribution in [2.45, 2.75) is 25.2 Å². The molecule has 1 heterocycles. The largest absolute Gasteiger partial charge is 0.499 e. The molecule has 1 aliphatic rings. The number of hydrogen-bond donors (Lipinski definition) is 1. The number of carbonyl (C=O) groups excluding carboxylic acids is 1. The normalized spacial score (nSPS) is 14.7. The van der Waals surface area contributed by atoms with E-state index in [0.29, 0.717) is 6.07 Å². The van der Waals surface area contributed by atoms with E-state index in [-0.39, 0.29) is 35.0 Å². The van der Waals surface area contributed by atoms with Crippen LogP contribution in [0.3, 0.4) is 0 Å². The average molecular weight is 496 g/mol. The first-order valence-electron chi connectivity index (χ1n) is 9.30. The lowest BCUT2D eigenvalue weighted by atomic mass is 10.0. The summed E-state index contributed by atoms with van der Waals surface area (Å²) in [5.74, 6) is -1.24. The highest BCUT2D eigenvalue weighted by Crippen LogP contribution is 2.35. The summed E-state index contributed by atoms with van der Waals surface area (Å²) in [6.07, 6.45) is -9.05. The van der Waals surface area contributed by atoms with Crippen LogP contribution < -0.4 is 10.1 Å². The topological polar surface area (TPSA) is 65.4 Å². The lowest BCUT2D eigenvalue weighted by Gasteiger charge is -2.21. The van der Waals surface area contributed by atoms with Gasteiger partial charge in [0.05, 0.1) is 23.5 Å². The predicted molar refractivity (Wildman–Crippen MR) is 105 cm³/mol. The molecular formula is C20H16ClF6N3O3. The number of rotatable bonds is 6. The van der Waals surface area contributed by atoms with Crippen LogP contribution in [0.5, 0.6) is 5.88 Å². The van der Waals surface area contributed by atoms with Crippen LogP contribution in [0.25, 0.3) is 5.69 Å². The number of aromatic nitrogens is 2. The number of alkyl halides is 6. The van der Waals surface area contributed by atoms with E-state index < -0.39 is 42.0 Å². The third kappa shape index (κ3) is 5.81. The van der Waals surface area contributed by atoms with Crippen molar-refractivity contribution in [2.24, 2.45) is 0 Å². The van der Waals surface area contributed by atoms with Gasteiger partial charge >= 0.3 is 12.4 Å². The molecule has 1 aliphatic carbocycles. The molecule has 178 valence electrons. The zero-order valence-electron chi connectivity index (χ0n) is 16.9. The van der Waals surface area contributed by atoms with Crippen molar-refractivity contribution in [3.05, 3.63) is 64.2 Å². The van der Waals surface area contributed by atoms with Crippen molar-refractivity contribution in [3.63, 3.8) is 0 Å². The van der Waals surface area contributed by atoms with Gasteiger partial charge in [-0.3, -0.25) is 4.79 Å². The fourth-order valence-electron chi connectivity index (χ4n) is 2.98. The van der Waals surface area contributed by atoms with Crippen LogP contribution >= 0.6 is 11.6 Å². The maximum atomic E-state index is 13.2. The highest BCUT2D eigenvalue weighted by molar-refractivity contribution is 6.32. The predicted octanol–water partition coefficient (Wildman–Crippen LogP) is 5.18. The maximum absolute atomic E-state index is 13.2. The summed E-state index contributed by atoms with van der Waals surface area (Å²) in [6.45, 7) is -0.816. The van der Waals surface area contributed by atoms with Crippen LogP contribution in [0.4, 0.5) is 26.3 Å². The molecule has 0 spiro atoms. The van der Waals surface area contributed by atoms with E-state index in [1.54, 1.807) is 6.07 Å². The number of nitrogens with zero attached hydrogens (tertiary/aromatic N) is 2. The number of ether oxygens (including phenoxy) is 2. The van der Waals surface area contributed by atoms with Crippen LogP contribution in [-0.2, 0) is 15.7 Å². The molecule has 13 heteroatoms. The summed E-state index contributed by atoms with van der Waals surface area (Å²) in [4.78, 5) is 12.3. The van der Waals surface area contributed by atoms with E-state index in [4.69, 9.17) is 21.1 Å². The van der Waals surface area contributed by atoms with Gasteiger partial charge in [0.2, 0.25) is 5.88 Å². The molecule has 6 nitrogen and oxygen atoms in total. The fraction of sp³-hybridized carbons (Fsp3) is 0.300. The van der Waals surface area contributed by atoms with Crippen LogP contribution in [0.15, 0.2) is 53.4 Å². The Hall–Kier alpha value is -3.15. The molecule has 0 saturated heterocycles. The van der Waals surface area contributed by atoms with E-state index in [1.165, 1.54) is 25.3 Å². The van der Waals surface area contributed by atoms with Crippen molar-refractivity contribution in [3.8, 4) is 11.6 Å². The van der Waals surface area contributed by atoms with E-state index in [2.05, 4.69) is 10.4 Å². The van der Waals surface area contributed by atoms with Gasteiger partial charge in [-0.05, 0) is 24.6 Å². The summed E-state index contributed by atoms with van der Waals surface area (Å²) in [5.41, 5.74) is -2.28. The molecule has 0 unspecified atom stereocenters. The average Bonchev–Trinajstić information content (AvgIpc) is 3.16. The van der Waals surface area contributed by atoms with E-state index in [0.717, 1.165) is 10.8 Å². The molecule has 3 rings (SSSR count). The smallest absolute Gasteiger partial charge is 0.435 e. The Kier molecular flexibility index (Phi) is 6.96. The zero-order valence-corrected chi connectivity index (χ0v) is 17.6. The minimum absolute atomic E-state index is 0.0690. The third-order valence-electron chi connectivity index (χ3n) is 4.52. The number of para-hydroxylation sites is 1. The zero-order chi connectivity index (χ0) is 24.4. The monoisotopic (exact) mass is 495 g/mol. The molecule has 0 radical (unpaired) electrons. The van der Waals surface area contributed by atoms with Crippen molar-refractivity contribution in [1.82, 2.24) is 15.1 Å². The molecule has 1 N–H and O–H groups in total. The van der Waals surface area contributed by atoms with Gasteiger partial charge in [-0.1, -0.05) is 23.7 Å². The standard InChI is InChI=1S/C20H16ClF6N3O3/c1-32-15-7-6-11(19(22,23)24)8-13(15)28-17(31)10-33-18-9-16(20(25,26)27)29-30(18)14-5-3-2-4-12(14)21/h2-5,8-9H,6-7,10H2,1H3,(H,28,31). The summed E-state index contributed by atoms with van der Waals surface area (Å²) < 4.78 is 89.5. The second-order valence-electron chi connectivity index (χ2n) is 6.77. The van der Waals surface area contributed by atoms with Gasteiger partial charge in [0.15, 0.2) is 12.3 Å². The van der Waals surface area contributed by atoms with E-state index in [9.17, 15) is 31.1 Å². The molecule has 1 amide bonds. The number of amides is 1. The van der Waals surface area contributed by atoms with Crippen molar-refractivity contribution < 1.29 is 40.6 Å². The molecule has 0 bridgehead atoms. The first-order chi connectivity index (χ1) is 15.4.